The maximum Gasteiger partial charge on any atom is 2.00 e. The molecule has 3 aromatic heterocycles. The summed E-state index contributed by atoms with van der Waals surface area (Å²) < 4.78 is 8.31. The first-order valence-corrected chi connectivity index (χ1v) is 13.1. The van der Waals surface area contributed by atoms with E-state index in [4.69, 9.17) is 9.72 Å². The summed E-state index contributed by atoms with van der Waals surface area (Å²) in [5, 5.41) is 2.32. The third-order valence-electron chi connectivity index (χ3n) is 6.86. The van der Waals surface area contributed by atoms with Gasteiger partial charge in [-0.1, -0.05) is 57.3 Å². The van der Waals surface area contributed by atoms with Crippen molar-refractivity contribution >= 4 is 21.8 Å². The Hall–Kier alpha value is -3.75. The Labute approximate surface area is 244 Å². The number of benzene rings is 3. The molecule has 0 atom stereocenters. The fraction of sp³-hybridized carbons (Fsp3) is 0.176. The number of hydrogen-bond acceptors (Lipinski definition) is 3. The summed E-state index contributed by atoms with van der Waals surface area (Å²) in [6.45, 7) is 8.65. The second-order valence-electron chi connectivity index (χ2n) is 10.2. The molecule has 0 fully saturated rings. The van der Waals surface area contributed by atoms with Gasteiger partial charge in [-0.3, -0.25) is 0 Å². The summed E-state index contributed by atoms with van der Waals surface area (Å²) in [5.74, 6) is 2.83. The van der Waals surface area contributed by atoms with Gasteiger partial charge in [0.05, 0.1) is 0 Å². The molecule has 6 aromatic rings. The second-order valence-corrected chi connectivity index (χ2v) is 10.2. The normalized spacial score (nSPS) is 11.3. The van der Waals surface area contributed by atoms with E-state index < -0.39 is 0 Å². The molecule has 4 nitrogen and oxygen atoms in total. The van der Waals surface area contributed by atoms with Gasteiger partial charge in [-0.2, -0.15) is 24.3 Å². The largest absolute Gasteiger partial charge is 2.00 e. The smallest absolute Gasteiger partial charge is 0.460 e. The topological polar surface area (TPSA) is 39.9 Å². The predicted octanol–water partition coefficient (Wildman–Crippen LogP) is 8.88. The molecule has 0 unspecified atom stereocenters. The van der Waals surface area contributed by atoms with Crippen LogP contribution in [0.4, 0.5) is 0 Å². The van der Waals surface area contributed by atoms with Gasteiger partial charge >= 0.3 is 21.1 Å². The summed E-state index contributed by atoms with van der Waals surface area (Å²) in [6.07, 6.45) is 1.89. The molecule has 5 heteroatoms. The van der Waals surface area contributed by atoms with Gasteiger partial charge in [0, 0.05) is 29.2 Å². The molecule has 0 aliphatic heterocycles. The zero-order chi connectivity index (χ0) is 26.2. The molecule has 0 bridgehead atoms. The second kappa shape index (κ2) is 11.2. The third kappa shape index (κ3) is 5.27. The van der Waals surface area contributed by atoms with E-state index in [1.54, 1.807) is 0 Å². The first-order chi connectivity index (χ1) is 18.5. The molecule has 196 valence electrons. The van der Waals surface area contributed by atoms with Gasteiger partial charge in [0.15, 0.2) is 0 Å². The van der Waals surface area contributed by atoms with E-state index in [2.05, 4.69) is 97.9 Å². The maximum absolute atomic E-state index is 6.10. The van der Waals surface area contributed by atoms with Gasteiger partial charge in [0.2, 0.25) is 5.88 Å². The van der Waals surface area contributed by atoms with Crippen LogP contribution in [0.1, 0.15) is 50.8 Å². The zero-order valence-electron chi connectivity index (χ0n) is 22.4. The Kier molecular flexibility index (Phi) is 7.68. The van der Waals surface area contributed by atoms with Crippen molar-refractivity contribution in [3.8, 4) is 28.6 Å². The molecule has 3 heterocycles. The molecule has 0 N–H and O–H groups in total. The third-order valence-corrected chi connectivity index (χ3v) is 6.86. The summed E-state index contributed by atoms with van der Waals surface area (Å²) >= 11 is 0. The average Bonchev–Trinajstić information content (AvgIpc) is 3.27. The molecular weight excluding hydrogens is 661 g/mol. The number of rotatable bonds is 6. The van der Waals surface area contributed by atoms with Crippen LogP contribution in [0.5, 0.6) is 11.6 Å². The molecule has 0 aliphatic rings. The molecule has 0 amide bonds. The summed E-state index contributed by atoms with van der Waals surface area (Å²) in [5.41, 5.74) is 6.21. The Morgan fingerprint density at radius 3 is 2.36 bits per heavy atom. The summed E-state index contributed by atoms with van der Waals surface area (Å²) in [7, 11) is 0. The van der Waals surface area contributed by atoms with E-state index in [0.29, 0.717) is 23.5 Å². The van der Waals surface area contributed by atoms with E-state index >= 15 is 0 Å². The van der Waals surface area contributed by atoms with Crippen molar-refractivity contribution in [1.82, 2.24) is 14.5 Å². The first-order valence-electron chi connectivity index (χ1n) is 13.1. The van der Waals surface area contributed by atoms with Crippen molar-refractivity contribution in [1.29, 1.82) is 0 Å². The molecular formula is C34H29N3OPt. The molecule has 39 heavy (non-hydrogen) atoms. The number of para-hydroxylation sites is 1. The number of pyridine rings is 2. The van der Waals surface area contributed by atoms with Crippen LogP contribution < -0.4 is 4.74 Å². The van der Waals surface area contributed by atoms with Gasteiger partial charge in [-0.15, -0.1) is 18.2 Å². The average molecular weight is 691 g/mol. The maximum atomic E-state index is 6.10. The van der Waals surface area contributed by atoms with E-state index in [-0.39, 0.29) is 21.1 Å². The Balaban J connectivity index is 0.00000308. The number of fused-ring (bicyclic) bond motifs is 3. The SMILES string of the molecule is CC(C)c1ccnc(-n2c3[c-]c(-c4[c-]c(Oc5cccc(C(C)C)n5)ccc4)ccc3c3ccccc32)c1.[Pt+2]. The molecule has 0 saturated heterocycles. The zero-order valence-corrected chi connectivity index (χ0v) is 24.7. The number of hydrogen-bond donors (Lipinski definition) is 0. The van der Waals surface area contributed by atoms with Crippen LogP contribution in [-0.2, 0) is 21.1 Å². The van der Waals surface area contributed by atoms with Crippen molar-refractivity contribution < 1.29 is 25.8 Å². The van der Waals surface area contributed by atoms with Crippen molar-refractivity contribution in [2.45, 2.75) is 39.5 Å². The minimum atomic E-state index is 0. The van der Waals surface area contributed by atoms with Crippen LogP contribution in [-0.4, -0.2) is 14.5 Å². The number of nitrogens with zero attached hydrogens (tertiary/aromatic N) is 3. The van der Waals surface area contributed by atoms with Crippen LogP contribution in [0.15, 0.2) is 91.1 Å². The van der Waals surface area contributed by atoms with Crippen molar-refractivity contribution in [2.24, 2.45) is 0 Å². The van der Waals surface area contributed by atoms with E-state index in [9.17, 15) is 0 Å². The predicted molar refractivity (Wildman–Crippen MR) is 154 cm³/mol. The van der Waals surface area contributed by atoms with E-state index in [1.807, 2.05) is 42.6 Å². The molecule has 6 rings (SSSR count). The standard InChI is InChI=1S/C34H29N3O.Pt/c1-22(2)24-17-18-35-33(21-24)37-31-13-6-5-11-28(31)29-16-15-26(20-32(29)37)25-9-7-10-27(19-25)38-34-14-8-12-30(36-34)23(3)4;/h5-18,21-23H,1-4H3;/q-2;+2. The van der Waals surface area contributed by atoms with Crippen molar-refractivity contribution in [2.75, 3.05) is 0 Å². The quantitative estimate of drug-likeness (QED) is 0.164. The van der Waals surface area contributed by atoms with Gasteiger partial charge in [0.1, 0.15) is 5.82 Å². The van der Waals surface area contributed by atoms with Crippen LogP contribution in [0.25, 0.3) is 38.8 Å². The molecule has 3 aromatic carbocycles. The monoisotopic (exact) mass is 690 g/mol. The van der Waals surface area contributed by atoms with Gasteiger partial charge < -0.3 is 9.30 Å². The van der Waals surface area contributed by atoms with Gasteiger partial charge in [-0.05, 0) is 52.6 Å². The fourth-order valence-corrected chi connectivity index (χ4v) is 4.79. The van der Waals surface area contributed by atoms with Gasteiger partial charge in [0.25, 0.3) is 0 Å². The minimum absolute atomic E-state index is 0. The van der Waals surface area contributed by atoms with Crippen LogP contribution >= 0.6 is 0 Å². The number of ether oxygens (including phenoxy) is 1. The molecule has 0 saturated carbocycles. The Morgan fingerprint density at radius 2 is 1.54 bits per heavy atom. The Morgan fingerprint density at radius 1 is 0.744 bits per heavy atom. The van der Waals surface area contributed by atoms with Crippen molar-refractivity contribution in [3.63, 3.8) is 0 Å². The van der Waals surface area contributed by atoms with Crippen molar-refractivity contribution in [3.05, 3.63) is 115 Å². The Bertz CT molecular complexity index is 1770. The van der Waals surface area contributed by atoms with Crippen LogP contribution in [0.3, 0.4) is 0 Å². The minimum Gasteiger partial charge on any atom is -0.460 e. The fourth-order valence-electron chi connectivity index (χ4n) is 4.79. The molecule has 0 spiro atoms. The summed E-state index contributed by atoms with van der Waals surface area (Å²) in [6, 6.07) is 35.9. The first kappa shape index (κ1) is 26.8. The van der Waals surface area contributed by atoms with E-state index in [0.717, 1.165) is 39.1 Å². The molecule has 0 aliphatic carbocycles. The van der Waals surface area contributed by atoms with E-state index in [1.165, 1.54) is 10.9 Å². The number of aromatic nitrogens is 3. The van der Waals surface area contributed by atoms with Crippen LogP contribution in [0, 0.1) is 12.1 Å². The summed E-state index contributed by atoms with van der Waals surface area (Å²) in [4.78, 5) is 9.39. The molecule has 0 radical (unpaired) electrons. The van der Waals surface area contributed by atoms with Gasteiger partial charge in [-0.25, -0.2) is 21.1 Å². The van der Waals surface area contributed by atoms with Crippen LogP contribution in [0.2, 0.25) is 0 Å².